The number of fused-ring (bicyclic) bond motifs is 1. The molecule has 1 atom stereocenters. The number of methoxy groups -OCH3 is 1. The standard InChI is InChI=1S/C25H25N5O2/c1-17-5-9-19(10-6-17)27-25(31)29-15-13-20(16-29)30-23(18-7-11-21(32-2)12-8-18)28-22-4-3-14-26-24(22)30/h3-12,14,20H,13,15-16H2,1-2H3,(H,27,31)/t20-/m0/s1. The molecule has 1 fully saturated rings. The summed E-state index contributed by atoms with van der Waals surface area (Å²) in [5.74, 6) is 1.65. The maximum atomic E-state index is 12.9. The van der Waals surface area contributed by atoms with Gasteiger partial charge >= 0.3 is 6.03 Å². The number of aryl methyl sites for hydroxylation is 1. The van der Waals surface area contributed by atoms with E-state index in [1.807, 2.05) is 72.5 Å². The van der Waals surface area contributed by atoms with Crippen molar-refractivity contribution in [1.29, 1.82) is 0 Å². The van der Waals surface area contributed by atoms with Crippen LogP contribution in [0.4, 0.5) is 10.5 Å². The molecule has 0 bridgehead atoms. The fourth-order valence-electron chi connectivity index (χ4n) is 4.20. The van der Waals surface area contributed by atoms with Gasteiger partial charge < -0.3 is 19.5 Å². The first-order valence-corrected chi connectivity index (χ1v) is 10.7. The molecule has 5 rings (SSSR count). The Bertz CT molecular complexity index is 1250. The maximum absolute atomic E-state index is 12.9. The van der Waals surface area contributed by atoms with Crippen LogP contribution in [0.1, 0.15) is 18.0 Å². The molecule has 162 valence electrons. The quantitative estimate of drug-likeness (QED) is 0.503. The number of urea groups is 1. The molecule has 2 amide bonds. The van der Waals surface area contributed by atoms with Crippen molar-refractivity contribution in [2.45, 2.75) is 19.4 Å². The maximum Gasteiger partial charge on any atom is 0.321 e. The van der Waals surface area contributed by atoms with Gasteiger partial charge in [-0.15, -0.1) is 0 Å². The summed E-state index contributed by atoms with van der Waals surface area (Å²) in [7, 11) is 1.66. The van der Waals surface area contributed by atoms with Crippen molar-refractivity contribution < 1.29 is 9.53 Å². The Hall–Kier alpha value is -3.87. The van der Waals surface area contributed by atoms with Crippen LogP contribution in [0.2, 0.25) is 0 Å². The Balaban J connectivity index is 1.43. The van der Waals surface area contributed by atoms with E-state index >= 15 is 0 Å². The van der Waals surface area contributed by atoms with Crippen LogP contribution < -0.4 is 10.1 Å². The third-order valence-corrected chi connectivity index (χ3v) is 5.92. The molecule has 0 radical (unpaired) electrons. The number of rotatable bonds is 4. The van der Waals surface area contributed by atoms with Gasteiger partial charge in [-0.3, -0.25) is 0 Å². The van der Waals surface area contributed by atoms with Gasteiger partial charge in [-0.1, -0.05) is 17.7 Å². The summed E-state index contributed by atoms with van der Waals surface area (Å²) in [6.45, 7) is 3.31. The van der Waals surface area contributed by atoms with Gasteiger partial charge in [0.05, 0.1) is 13.2 Å². The molecule has 7 heteroatoms. The van der Waals surface area contributed by atoms with Crippen molar-refractivity contribution in [1.82, 2.24) is 19.4 Å². The molecule has 3 heterocycles. The van der Waals surface area contributed by atoms with E-state index in [2.05, 4.69) is 14.9 Å². The average Bonchev–Trinajstić information content (AvgIpc) is 3.45. The number of imidazole rings is 1. The highest BCUT2D eigenvalue weighted by Crippen LogP contribution is 2.33. The smallest absolute Gasteiger partial charge is 0.321 e. The van der Waals surface area contributed by atoms with E-state index in [9.17, 15) is 4.79 Å². The molecule has 1 aliphatic rings. The lowest BCUT2D eigenvalue weighted by Gasteiger charge is -2.19. The molecular weight excluding hydrogens is 402 g/mol. The molecule has 1 saturated heterocycles. The van der Waals surface area contributed by atoms with Gasteiger partial charge in [0.1, 0.15) is 17.1 Å². The Labute approximate surface area is 186 Å². The molecule has 2 aromatic carbocycles. The van der Waals surface area contributed by atoms with Crippen LogP contribution >= 0.6 is 0 Å². The van der Waals surface area contributed by atoms with Crippen LogP contribution in [0.3, 0.4) is 0 Å². The highest BCUT2D eigenvalue weighted by Gasteiger charge is 2.31. The third kappa shape index (κ3) is 3.77. The lowest BCUT2D eigenvalue weighted by atomic mass is 10.2. The number of anilines is 1. The Morgan fingerprint density at radius 2 is 1.88 bits per heavy atom. The number of nitrogens with one attached hydrogen (secondary N) is 1. The molecule has 4 aromatic rings. The number of amides is 2. The number of carbonyl (C=O) groups excluding carboxylic acids is 1. The fourth-order valence-corrected chi connectivity index (χ4v) is 4.20. The van der Waals surface area contributed by atoms with Crippen LogP contribution in [0.25, 0.3) is 22.6 Å². The van der Waals surface area contributed by atoms with Gasteiger partial charge in [-0.25, -0.2) is 14.8 Å². The summed E-state index contributed by atoms with van der Waals surface area (Å²) in [6, 6.07) is 19.6. The van der Waals surface area contributed by atoms with Crippen LogP contribution in [-0.2, 0) is 0 Å². The summed E-state index contributed by atoms with van der Waals surface area (Å²) >= 11 is 0. The van der Waals surface area contributed by atoms with Crippen LogP contribution in [0.5, 0.6) is 5.75 Å². The van der Waals surface area contributed by atoms with Gasteiger partial charge in [0, 0.05) is 30.5 Å². The van der Waals surface area contributed by atoms with E-state index in [1.165, 1.54) is 0 Å². The number of nitrogens with zero attached hydrogens (tertiary/aromatic N) is 4. The number of pyridine rings is 1. The van der Waals surface area contributed by atoms with Gasteiger partial charge in [0.15, 0.2) is 5.65 Å². The second-order valence-electron chi connectivity index (χ2n) is 8.06. The van der Waals surface area contributed by atoms with Crippen LogP contribution in [0, 0.1) is 6.92 Å². The Morgan fingerprint density at radius 3 is 2.62 bits per heavy atom. The van der Waals surface area contributed by atoms with Gasteiger partial charge in [-0.2, -0.15) is 0 Å². The summed E-state index contributed by atoms with van der Waals surface area (Å²) in [5.41, 5.74) is 4.64. The zero-order chi connectivity index (χ0) is 22.1. The average molecular weight is 428 g/mol. The fraction of sp³-hybridized carbons (Fsp3) is 0.240. The summed E-state index contributed by atoms with van der Waals surface area (Å²) in [5, 5.41) is 3.01. The molecule has 1 N–H and O–H groups in total. The van der Waals surface area contributed by atoms with Crippen LogP contribution in [-0.4, -0.2) is 45.7 Å². The molecule has 1 aliphatic heterocycles. The van der Waals surface area contributed by atoms with Crippen LogP contribution in [0.15, 0.2) is 66.9 Å². The summed E-state index contributed by atoms with van der Waals surface area (Å²) < 4.78 is 7.48. The van der Waals surface area contributed by atoms with Crippen molar-refractivity contribution >= 4 is 22.9 Å². The first kappa shape index (κ1) is 20.1. The Kier molecular flexibility index (Phi) is 5.23. The minimum Gasteiger partial charge on any atom is -0.497 e. The van der Waals surface area contributed by atoms with Crippen molar-refractivity contribution in [3.8, 4) is 17.1 Å². The zero-order valence-electron chi connectivity index (χ0n) is 18.2. The number of ether oxygens (including phenoxy) is 1. The number of benzene rings is 2. The number of likely N-dealkylation sites (tertiary alicyclic amines) is 1. The SMILES string of the molecule is COc1ccc(-c2nc3cccnc3n2[C@H]2CCN(C(=O)Nc3ccc(C)cc3)C2)cc1. The highest BCUT2D eigenvalue weighted by molar-refractivity contribution is 5.89. The number of aromatic nitrogens is 3. The largest absolute Gasteiger partial charge is 0.497 e. The molecular formula is C25H25N5O2. The predicted octanol–water partition coefficient (Wildman–Crippen LogP) is 4.89. The minimum absolute atomic E-state index is 0.0836. The molecule has 0 saturated carbocycles. The van der Waals surface area contributed by atoms with E-state index in [4.69, 9.17) is 9.72 Å². The first-order valence-electron chi connectivity index (χ1n) is 10.7. The van der Waals surface area contributed by atoms with Gasteiger partial charge in [0.2, 0.25) is 0 Å². The minimum atomic E-state index is -0.0836. The van der Waals surface area contributed by atoms with Crippen molar-refractivity contribution in [2.75, 3.05) is 25.5 Å². The monoisotopic (exact) mass is 427 g/mol. The summed E-state index contributed by atoms with van der Waals surface area (Å²) in [6.07, 6.45) is 2.63. The molecule has 0 aliphatic carbocycles. The van der Waals surface area contributed by atoms with Crippen molar-refractivity contribution in [3.63, 3.8) is 0 Å². The van der Waals surface area contributed by atoms with Crippen molar-refractivity contribution in [2.24, 2.45) is 0 Å². The predicted molar refractivity (Wildman–Crippen MR) is 125 cm³/mol. The Morgan fingerprint density at radius 1 is 1.09 bits per heavy atom. The van der Waals surface area contributed by atoms with E-state index in [0.29, 0.717) is 13.1 Å². The van der Waals surface area contributed by atoms with E-state index in [-0.39, 0.29) is 12.1 Å². The molecule has 7 nitrogen and oxygen atoms in total. The number of hydrogen-bond acceptors (Lipinski definition) is 4. The highest BCUT2D eigenvalue weighted by atomic mass is 16.5. The topological polar surface area (TPSA) is 72.3 Å². The lowest BCUT2D eigenvalue weighted by molar-refractivity contribution is 0.221. The molecule has 2 aromatic heterocycles. The number of carbonyl (C=O) groups is 1. The van der Waals surface area contributed by atoms with Gasteiger partial charge in [0.25, 0.3) is 0 Å². The zero-order valence-corrected chi connectivity index (χ0v) is 18.2. The van der Waals surface area contributed by atoms with Gasteiger partial charge in [-0.05, 0) is 61.9 Å². The van der Waals surface area contributed by atoms with E-state index in [0.717, 1.165) is 46.0 Å². The lowest BCUT2D eigenvalue weighted by Crippen LogP contribution is -2.33. The molecule has 0 spiro atoms. The van der Waals surface area contributed by atoms with E-state index < -0.39 is 0 Å². The second-order valence-corrected chi connectivity index (χ2v) is 8.06. The number of hydrogen-bond donors (Lipinski definition) is 1. The molecule has 32 heavy (non-hydrogen) atoms. The van der Waals surface area contributed by atoms with E-state index in [1.54, 1.807) is 13.3 Å². The third-order valence-electron chi connectivity index (χ3n) is 5.92. The molecule has 0 unspecified atom stereocenters. The van der Waals surface area contributed by atoms with Crippen molar-refractivity contribution in [3.05, 3.63) is 72.4 Å². The summed E-state index contributed by atoms with van der Waals surface area (Å²) in [4.78, 5) is 24.2. The first-order chi connectivity index (χ1) is 15.6. The second kappa shape index (κ2) is 8.34. The normalized spacial score (nSPS) is 15.8.